The molecule has 90 valence electrons. The van der Waals surface area contributed by atoms with E-state index in [2.05, 4.69) is 0 Å². The maximum Gasteiger partial charge on any atom is 0.193 e. The van der Waals surface area contributed by atoms with Crippen LogP contribution in [-0.2, 0) is 19.3 Å². The van der Waals surface area contributed by atoms with Gasteiger partial charge >= 0.3 is 0 Å². The molecule has 0 bridgehead atoms. The summed E-state index contributed by atoms with van der Waals surface area (Å²) in [6.45, 7) is 5.98. The van der Waals surface area contributed by atoms with Crippen molar-refractivity contribution in [2.24, 2.45) is 5.92 Å². The van der Waals surface area contributed by atoms with Gasteiger partial charge in [0.15, 0.2) is 12.1 Å². The van der Waals surface area contributed by atoms with Crippen LogP contribution in [-0.4, -0.2) is 23.8 Å². The molecular formula is C12H18O4. The van der Waals surface area contributed by atoms with Gasteiger partial charge in [-0.05, 0) is 18.6 Å². The molecule has 0 aromatic heterocycles. The highest BCUT2D eigenvalue weighted by atomic mass is 17.2. The third kappa shape index (κ3) is 1.93. The molecule has 1 fully saturated rings. The van der Waals surface area contributed by atoms with Gasteiger partial charge in [-0.15, -0.1) is 0 Å². The van der Waals surface area contributed by atoms with E-state index in [1.54, 1.807) is 12.2 Å². The lowest BCUT2D eigenvalue weighted by atomic mass is 9.85. The van der Waals surface area contributed by atoms with Gasteiger partial charge < -0.3 is 4.74 Å². The Bertz CT molecular complexity index is 310. The fourth-order valence-corrected chi connectivity index (χ4v) is 2.00. The van der Waals surface area contributed by atoms with Crippen LogP contribution < -0.4 is 0 Å². The molecule has 0 N–H and O–H groups in total. The van der Waals surface area contributed by atoms with E-state index in [9.17, 15) is 4.79 Å². The molecule has 1 heterocycles. The summed E-state index contributed by atoms with van der Waals surface area (Å²) < 4.78 is 5.80. The van der Waals surface area contributed by atoms with Crippen LogP contribution in [0.25, 0.3) is 0 Å². The van der Waals surface area contributed by atoms with E-state index in [0.29, 0.717) is 6.42 Å². The summed E-state index contributed by atoms with van der Waals surface area (Å²) in [6.07, 6.45) is 3.81. The Balaban J connectivity index is 2.18. The molecule has 4 heteroatoms. The first-order valence-corrected chi connectivity index (χ1v) is 5.79. The second-order valence-electron chi connectivity index (χ2n) is 4.73. The zero-order chi connectivity index (χ0) is 11.8. The highest BCUT2D eigenvalue weighted by Gasteiger charge is 2.47. The van der Waals surface area contributed by atoms with Crippen LogP contribution in [0.1, 0.15) is 33.6 Å². The van der Waals surface area contributed by atoms with Crippen LogP contribution in [0.3, 0.4) is 0 Å². The summed E-state index contributed by atoms with van der Waals surface area (Å²) in [6, 6.07) is 0. The lowest BCUT2D eigenvalue weighted by Gasteiger charge is -2.44. The number of carbonyl (C=O) groups excluding carboxylic acids is 1. The lowest BCUT2D eigenvalue weighted by Crippen LogP contribution is -2.54. The lowest BCUT2D eigenvalue weighted by molar-refractivity contribution is -0.486. The van der Waals surface area contributed by atoms with Gasteiger partial charge in [0.25, 0.3) is 0 Å². The SMILES string of the molecule is CC[C@@]12C=CC(=O)C[C@@H]1O[C@H](C(C)C)OO2. The van der Waals surface area contributed by atoms with Crippen LogP contribution in [0.15, 0.2) is 12.2 Å². The molecule has 0 amide bonds. The van der Waals surface area contributed by atoms with Crippen molar-refractivity contribution in [3.05, 3.63) is 12.2 Å². The van der Waals surface area contributed by atoms with Gasteiger partial charge in [0.05, 0.1) is 0 Å². The van der Waals surface area contributed by atoms with Crippen molar-refractivity contribution in [2.45, 2.75) is 51.6 Å². The first kappa shape index (κ1) is 11.8. The van der Waals surface area contributed by atoms with Crippen LogP contribution in [0.5, 0.6) is 0 Å². The summed E-state index contributed by atoms with van der Waals surface area (Å²) in [5.41, 5.74) is -0.584. The molecule has 2 rings (SSSR count). The molecule has 0 unspecified atom stereocenters. The van der Waals surface area contributed by atoms with Crippen LogP contribution in [0.2, 0.25) is 0 Å². The quantitative estimate of drug-likeness (QED) is 0.675. The summed E-state index contributed by atoms with van der Waals surface area (Å²) in [4.78, 5) is 22.1. The minimum atomic E-state index is -0.584. The summed E-state index contributed by atoms with van der Waals surface area (Å²) >= 11 is 0. The van der Waals surface area contributed by atoms with Crippen molar-refractivity contribution in [1.82, 2.24) is 0 Å². The number of carbonyl (C=O) groups is 1. The largest absolute Gasteiger partial charge is 0.342 e. The highest BCUT2D eigenvalue weighted by molar-refractivity contribution is 5.91. The van der Waals surface area contributed by atoms with Gasteiger partial charge in [-0.25, -0.2) is 9.78 Å². The third-order valence-corrected chi connectivity index (χ3v) is 3.18. The number of ether oxygens (including phenoxy) is 1. The number of ketones is 1. The Morgan fingerprint density at radius 1 is 1.56 bits per heavy atom. The zero-order valence-corrected chi connectivity index (χ0v) is 9.93. The fraction of sp³-hybridized carbons (Fsp3) is 0.750. The second-order valence-corrected chi connectivity index (χ2v) is 4.73. The molecular weight excluding hydrogens is 208 g/mol. The Morgan fingerprint density at radius 3 is 2.94 bits per heavy atom. The van der Waals surface area contributed by atoms with Gasteiger partial charge in [0.1, 0.15) is 11.7 Å². The highest BCUT2D eigenvalue weighted by Crippen LogP contribution is 2.37. The summed E-state index contributed by atoms with van der Waals surface area (Å²) in [7, 11) is 0. The van der Waals surface area contributed by atoms with Crippen molar-refractivity contribution < 1.29 is 19.3 Å². The molecule has 0 saturated carbocycles. The van der Waals surface area contributed by atoms with Crippen LogP contribution in [0.4, 0.5) is 0 Å². The van der Waals surface area contributed by atoms with E-state index in [-0.39, 0.29) is 24.1 Å². The monoisotopic (exact) mass is 226 g/mol. The number of rotatable bonds is 2. The van der Waals surface area contributed by atoms with E-state index in [0.717, 1.165) is 6.42 Å². The number of allylic oxidation sites excluding steroid dienone is 1. The number of fused-ring (bicyclic) bond motifs is 1. The summed E-state index contributed by atoms with van der Waals surface area (Å²) in [5.74, 6) is 0.290. The maximum absolute atomic E-state index is 11.4. The third-order valence-electron chi connectivity index (χ3n) is 3.18. The van der Waals surface area contributed by atoms with Crippen molar-refractivity contribution in [3.8, 4) is 0 Å². The van der Waals surface area contributed by atoms with Crippen LogP contribution in [0, 0.1) is 5.92 Å². The Labute approximate surface area is 95.5 Å². The Morgan fingerprint density at radius 2 is 2.31 bits per heavy atom. The number of hydrogen-bond acceptors (Lipinski definition) is 4. The maximum atomic E-state index is 11.4. The molecule has 16 heavy (non-hydrogen) atoms. The molecule has 1 aliphatic heterocycles. The van der Waals surface area contributed by atoms with E-state index < -0.39 is 5.60 Å². The Hall–Kier alpha value is -0.710. The first-order chi connectivity index (χ1) is 7.57. The minimum Gasteiger partial charge on any atom is -0.342 e. The molecule has 0 aromatic carbocycles. The van der Waals surface area contributed by atoms with Crippen molar-refractivity contribution in [3.63, 3.8) is 0 Å². The van der Waals surface area contributed by atoms with Gasteiger partial charge in [0, 0.05) is 12.3 Å². The van der Waals surface area contributed by atoms with Crippen molar-refractivity contribution >= 4 is 5.78 Å². The van der Waals surface area contributed by atoms with E-state index in [1.807, 2.05) is 20.8 Å². The van der Waals surface area contributed by atoms with Gasteiger partial charge in [-0.3, -0.25) is 4.79 Å². The summed E-state index contributed by atoms with van der Waals surface area (Å²) in [5, 5.41) is 0. The topological polar surface area (TPSA) is 44.8 Å². The molecule has 2 aliphatic rings. The van der Waals surface area contributed by atoms with Crippen molar-refractivity contribution in [1.29, 1.82) is 0 Å². The minimum absolute atomic E-state index is 0.0853. The van der Waals surface area contributed by atoms with E-state index in [4.69, 9.17) is 14.5 Å². The van der Waals surface area contributed by atoms with Gasteiger partial charge in [-0.1, -0.05) is 20.8 Å². The van der Waals surface area contributed by atoms with Gasteiger partial charge in [-0.2, -0.15) is 0 Å². The number of hydrogen-bond donors (Lipinski definition) is 0. The van der Waals surface area contributed by atoms with Gasteiger partial charge in [0.2, 0.25) is 0 Å². The normalized spacial score (nSPS) is 38.9. The zero-order valence-electron chi connectivity index (χ0n) is 9.93. The Kier molecular flexibility index (Phi) is 3.15. The molecule has 0 radical (unpaired) electrons. The standard InChI is InChI=1S/C12H18O4/c1-4-12-6-5-9(13)7-10(12)14-11(8(2)3)15-16-12/h5-6,8,10-11H,4,7H2,1-3H3/t10-,11-,12+/m0/s1. The molecule has 3 atom stereocenters. The van der Waals surface area contributed by atoms with Crippen molar-refractivity contribution in [2.75, 3.05) is 0 Å². The average molecular weight is 226 g/mol. The van der Waals surface area contributed by atoms with E-state index in [1.165, 1.54) is 0 Å². The molecule has 0 spiro atoms. The van der Waals surface area contributed by atoms with E-state index >= 15 is 0 Å². The smallest absolute Gasteiger partial charge is 0.193 e. The van der Waals surface area contributed by atoms with Crippen LogP contribution >= 0.6 is 0 Å². The fourth-order valence-electron chi connectivity index (χ4n) is 2.00. The molecule has 1 saturated heterocycles. The molecule has 4 nitrogen and oxygen atoms in total. The molecule has 1 aliphatic carbocycles. The average Bonchev–Trinajstić information content (AvgIpc) is 2.28. The first-order valence-electron chi connectivity index (χ1n) is 5.79. The predicted molar refractivity (Wildman–Crippen MR) is 57.5 cm³/mol. The molecule has 0 aromatic rings. The second kappa shape index (κ2) is 4.28. The predicted octanol–water partition coefficient (Wildman–Crippen LogP) is 1.99.